The molecule has 1 N–H and O–H groups in total. The van der Waals surface area contributed by atoms with Gasteiger partial charge in [0.25, 0.3) is 0 Å². The summed E-state index contributed by atoms with van der Waals surface area (Å²) >= 11 is 0. The fraction of sp³-hybridized carbons (Fsp3) is 0.333. The summed E-state index contributed by atoms with van der Waals surface area (Å²) in [7, 11) is 1.71. The molecule has 0 heterocycles. The molecule has 5 nitrogen and oxygen atoms in total. The highest BCUT2D eigenvalue weighted by atomic mass is 16.5. The maximum absolute atomic E-state index is 8.70. The van der Waals surface area contributed by atoms with Crippen LogP contribution in [0.5, 0.6) is 11.5 Å². The van der Waals surface area contributed by atoms with E-state index in [-0.39, 0.29) is 6.61 Å². The summed E-state index contributed by atoms with van der Waals surface area (Å²) in [6, 6.07) is 36.8. The first kappa shape index (κ1) is 33.6. The van der Waals surface area contributed by atoms with Crippen LogP contribution in [0.25, 0.3) is 22.3 Å². The Hall–Kier alpha value is -3.64. The second-order valence-corrected chi connectivity index (χ2v) is 8.87. The summed E-state index contributed by atoms with van der Waals surface area (Å²) in [5.41, 5.74) is 4.75. The Kier molecular flexibility index (Phi) is 18.1. The fourth-order valence-corrected chi connectivity index (χ4v) is 3.78. The molecule has 0 amide bonds. The first-order chi connectivity index (χ1) is 20.3. The van der Waals surface area contributed by atoms with E-state index in [0.717, 1.165) is 49.7 Å². The second-order valence-electron chi connectivity index (χ2n) is 8.87. The van der Waals surface area contributed by atoms with Crippen molar-refractivity contribution < 1.29 is 24.1 Å². The van der Waals surface area contributed by atoms with Gasteiger partial charge in [0.1, 0.15) is 11.5 Å². The van der Waals surface area contributed by atoms with E-state index in [9.17, 15) is 0 Å². The van der Waals surface area contributed by atoms with Gasteiger partial charge in [-0.25, -0.2) is 0 Å². The third-order valence-corrected chi connectivity index (χ3v) is 5.81. The highest BCUT2D eigenvalue weighted by Crippen LogP contribution is 2.24. The minimum absolute atomic E-state index is 0.165. The molecule has 4 rings (SSSR count). The molecule has 0 aromatic heterocycles. The summed E-state index contributed by atoms with van der Waals surface area (Å²) in [6.45, 7) is 7.62. The molecule has 0 aliphatic heterocycles. The highest BCUT2D eigenvalue weighted by molar-refractivity contribution is 5.65. The highest BCUT2D eigenvalue weighted by Gasteiger charge is 2.00. The lowest BCUT2D eigenvalue weighted by Gasteiger charge is -2.08. The van der Waals surface area contributed by atoms with Crippen LogP contribution in [0.3, 0.4) is 0 Å². The quantitative estimate of drug-likeness (QED) is 0.149. The summed E-state index contributed by atoms with van der Waals surface area (Å²) in [5.74, 6) is 1.75. The van der Waals surface area contributed by atoms with Crippen molar-refractivity contribution in [2.24, 2.45) is 0 Å². The molecule has 220 valence electrons. The molecular formula is C36H46O5. The van der Waals surface area contributed by atoms with Crippen molar-refractivity contribution in [2.75, 3.05) is 46.8 Å². The molecule has 0 bridgehead atoms. The zero-order valence-corrected chi connectivity index (χ0v) is 24.8. The number of hydrogen-bond acceptors (Lipinski definition) is 5. The zero-order chi connectivity index (χ0) is 29.4. The molecule has 0 radical (unpaired) electrons. The number of ether oxygens (including phenoxy) is 4. The van der Waals surface area contributed by atoms with Gasteiger partial charge in [0.2, 0.25) is 0 Å². The Labute approximate surface area is 246 Å². The van der Waals surface area contributed by atoms with Crippen molar-refractivity contribution >= 4 is 0 Å². The Morgan fingerprint density at radius 2 is 1.00 bits per heavy atom. The predicted molar refractivity (Wildman–Crippen MR) is 170 cm³/mol. The third kappa shape index (κ3) is 14.0. The number of benzene rings is 4. The number of aliphatic hydroxyl groups is 1. The first-order valence-electron chi connectivity index (χ1n) is 14.5. The van der Waals surface area contributed by atoms with Gasteiger partial charge in [0.05, 0.1) is 13.2 Å². The number of methoxy groups -OCH3 is 1. The Bertz CT molecular complexity index is 1150. The van der Waals surface area contributed by atoms with E-state index in [1.807, 2.05) is 80.6 Å². The van der Waals surface area contributed by atoms with Gasteiger partial charge in [0, 0.05) is 46.4 Å². The van der Waals surface area contributed by atoms with Gasteiger partial charge in [-0.2, -0.15) is 0 Å². The second kappa shape index (κ2) is 22.1. The SMILES string of the molecule is CC.COCCCOCCCOc1ccc(-c2ccccc2)cc1.OCCCOc1cccc(-c2ccccc2)c1. The van der Waals surface area contributed by atoms with Crippen LogP contribution in [0.4, 0.5) is 0 Å². The zero-order valence-electron chi connectivity index (χ0n) is 24.8. The van der Waals surface area contributed by atoms with E-state index in [1.54, 1.807) is 7.11 Å². The Balaban J connectivity index is 0.000000278. The molecule has 0 aliphatic carbocycles. The van der Waals surface area contributed by atoms with Crippen LogP contribution in [0, 0.1) is 0 Å². The van der Waals surface area contributed by atoms with E-state index in [0.29, 0.717) is 19.6 Å². The van der Waals surface area contributed by atoms with Gasteiger partial charge >= 0.3 is 0 Å². The molecule has 0 saturated carbocycles. The van der Waals surface area contributed by atoms with Crippen LogP contribution >= 0.6 is 0 Å². The van der Waals surface area contributed by atoms with Crippen molar-refractivity contribution in [1.29, 1.82) is 0 Å². The van der Waals surface area contributed by atoms with Gasteiger partial charge in [-0.3, -0.25) is 0 Å². The monoisotopic (exact) mass is 558 g/mol. The summed E-state index contributed by atoms with van der Waals surface area (Å²) in [6.07, 6.45) is 2.50. The molecule has 0 spiro atoms. The molecule has 0 saturated heterocycles. The van der Waals surface area contributed by atoms with E-state index >= 15 is 0 Å². The molecule has 0 aliphatic rings. The van der Waals surface area contributed by atoms with Crippen molar-refractivity contribution in [2.45, 2.75) is 33.1 Å². The predicted octanol–water partition coefficient (Wildman–Crippen LogP) is 8.32. The van der Waals surface area contributed by atoms with Gasteiger partial charge in [-0.15, -0.1) is 0 Å². The van der Waals surface area contributed by atoms with Gasteiger partial charge in [-0.1, -0.05) is 98.8 Å². The minimum atomic E-state index is 0.165. The van der Waals surface area contributed by atoms with Crippen LogP contribution in [0.2, 0.25) is 0 Å². The average molecular weight is 559 g/mol. The maximum atomic E-state index is 8.70. The maximum Gasteiger partial charge on any atom is 0.119 e. The minimum Gasteiger partial charge on any atom is -0.494 e. The van der Waals surface area contributed by atoms with E-state index < -0.39 is 0 Å². The van der Waals surface area contributed by atoms with E-state index in [2.05, 4.69) is 42.5 Å². The number of rotatable bonds is 15. The van der Waals surface area contributed by atoms with Crippen molar-refractivity contribution in [3.63, 3.8) is 0 Å². The topological polar surface area (TPSA) is 57.2 Å². The van der Waals surface area contributed by atoms with Gasteiger partial charge in [-0.05, 0) is 52.9 Å². The molecule has 0 fully saturated rings. The van der Waals surface area contributed by atoms with Gasteiger partial charge in [0.15, 0.2) is 0 Å². The van der Waals surface area contributed by atoms with Crippen LogP contribution in [0.15, 0.2) is 109 Å². The Morgan fingerprint density at radius 1 is 0.488 bits per heavy atom. The lowest BCUT2D eigenvalue weighted by molar-refractivity contribution is 0.0940. The fourth-order valence-electron chi connectivity index (χ4n) is 3.78. The smallest absolute Gasteiger partial charge is 0.119 e. The Morgan fingerprint density at radius 3 is 1.61 bits per heavy atom. The summed E-state index contributed by atoms with van der Waals surface area (Å²) in [5, 5.41) is 8.70. The van der Waals surface area contributed by atoms with Crippen LogP contribution in [-0.4, -0.2) is 51.9 Å². The van der Waals surface area contributed by atoms with E-state index in [4.69, 9.17) is 24.1 Å². The number of aliphatic hydroxyl groups excluding tert-OH is 1. The lowest BCUT2D eigenvalue weighted by atomic mass is 10.1. The summed E-state index contributed by atoms with van der Waals surface area (Å²) in [4.78, 5) is 0. The average Bonchev–Trinajstić information content (AvgIpc) is 3.05. The molecule has 41 heavy (non-hydrogen) atoms. The van der Waals surface area contributed by atoms with Crippen molar-refractivity contribution in [3.05, 3.63) is 109 Å². The molecule has 0 atom stereocenters. The van der Waals surface area contributed by atoms with Crippen LogP contribution in [0.1, 0.15) is 33.1 Å². The molecule has 5 heteroatoms. The summed E-state index contributed by atoms with van der Waals surface area (Å²) < 4.78 is 21.7. The van der Waals surface area contributed by atoms with Crippen LogP contribution < -0.4 is 9.47 Å². The third-order valence-electron chi connectivity index (χ3n) is 5.81. The first-order valence-corrected chi connectivity index (χ1v) is 14.5. The van der Waals surface area contributed by atoms with Gasteiger partial charge < -0.3 is 24.1 Å². The number of hydrogen-bond donors (Lipinski definition) is 1. The molecule has 4 aromatic carbocycles. The van der Waals surface area contributed by atoms with E-state index in [1.165, 1.54) is 16.7 Å². The standard InChI is InChI=1S/C19H24O3.C15H16O2.C2H6/c1-20-13-5-14-21-15-6-16-22-19-11-9-18(10-12-19)17-7-3-2-4-8-17;16-10-5-11-17-15-9-4-8-14(12-15)13-6-2-1-3-7-13;1-2/h2-4,7-12H,5-6,13-16H2,1H3;1-4,6-9,12,16H,5,10-11H2;1-2H3. The van der Waals surface area contributed by atoms with Crippen LogP contribution in [-0.2, 0) is 9.47 Å². The lowest BCUT2D eigenvalue weighted by Crippen LogP contribution is -2.05. The largest absolute Gasteiger partial charge is 0.494 e. The van der Waals surface area contributed by atoms with Crippen molar-refractivity contribution in [3.8, 4) is 33.8 Å². The van der Waals surface area contributed by atoms with Crippen molar-refractivity contribution in [1.82, 2.24) is 0 Å². The molecule has 4 aromatic rings. The molecule has 0 unspecified atom stereocenters. The normalized spacial score (nSPS) is 10.0. The molecular weight excluding hydrogens is 512 g/mol.